The predicted molar refractivity (Wildman–Crippen MR) is 85.1 cm³/mol. The lowest BCUT2D eigenvalue weighted by Crippen LogP contribution is -2.28. The summed E-state index contributed by atoms with van der Waals surface area (Å²) in [5, 5.41) is 0.729. The van der Waals surface area contributed by atoms with Gasteiger partial charge in [-0.25, -0.2) is 19.3 Å². The zero-order valence-corrected chi connectivity index (χ0v) is 13.4. The molecule has 110 valence electrons. The number of nitrogens with zero attached hydrogens (tertiary/aromatic N) is 4. The number of hydrogen-bond donors (Lipinski definition) is 0. The van der Waals surface area contributed by atoms with Gasteiger partial charge in [0.2, 0.25) is 0 Å². The smallest absolute Gasteiger partial charge is 0.189 e. The zero-order chi connectivity index (χ0) is 15.0. The number of rotatable bonds is 2. The fourth-order valence-electron chi connectivity index (χ4n) is 2.22. The molecular formula is C13H11Cl2FN4S. The van der Waals surface area contributed by atoms with Crippen molar-refractivity contribution < 1.29 is 4.39 Å². The fourth-order valence-corrected chi connectivity index (χ4v) is 3.06. The highest BCUT2D eigenvalue weighted by atomic mass is 35.5. The van der Waals surface area contributed by atoms with Gasteiger partial charge in [-0.05, 0) is 12.7 Å². The lowest BCUT2D eigenvalue weighted by atomic mass is 10.2. The van der Waals surface area contributed by atoms with Gasteiger partial charge in [0.05, 0.1) is 5.39 Å². The van der Waals surface area contributed by atoms with Crippen LogP contribution in [-0.2, 0) is 0 Å². The van der Waals surface area contributed by atoms with Crippen molar-refractivity contribution in [3.8, 4) is 0 Å². The van der Waals surface area contributed by atoms with Crippen molar-refractivity contribution in [1.29, 1.82) is 0 Å². The molecule has 4 nitrogen and oxygen atoms in total. The highest BCUT2D eigenvalue weighted by Gasteiger charge is 2.22. The Morgan fingerprint density at radius 2 is 2.00 bits per heavy atom. The molecule has 2 aromatic rings. The van der Waals surface area contributed by atoms with Crippen LogP contribution in [-0.4, -0.2) is 34.3 Å². The first-order valence-corrected chi connectivity index (χ1v) is 8.26. The second kappa shape index (κ2) is 5.94. The zero-order valence-electron chi connectivity index (χ0n) is 11.1. The van der Waals surface area contributed by atoms with Crippen LogP contribution in [0.5, 0.6) is 0 Å². The third kappa shape index (κ3) is 2.67. The second-order valence-electron chi connectivity index (χ2n) is 4.47. The van der Waals surface area contributed by atoms with Gasteiger partial charge >= 0.3 is 0 Å². The van der Waals surface area contributed by atoms with Crippen LogP contribution in [0.25, 0.3) is 10.9 Å². The quantitative estimate of drug-likeness (QED) is 0.357. The summed E-state index contributed by atoms with van der Waals surface area (Å²) in [4.78, 5) is 14.5. The van der Waals surface area contributed by atoms with Crippen LogP contribution in [0.1, 0.15) is 6.42 Å². The minimum absolute atomic E-state index is 0.115. The first-order valence-electron chi connectivity index (χ1n) is 6.28. The molecule has 8 heteroatoms. The minimum atomic E-state index is -0.664. The van der Waals surface area contributed by atoms with Gasteiger partial charge in [0.25, 0.3) is 0 Å². The Labute approximate surface area is 135 Å². The van der Waals surface area contributed by atoms with E-state index in [1.807, 2.05) is 17.2 Å². The van der Waals surface area contributed by atoms with E-state index in [9.17, 15) is 4.39 Å². The molecule has 21 heavy (non-hydrogen) atoms. The molecule has 0 bridgehead atoms. The molecule has 0 fully saturated rings. The average molecular weight is 345 g/mol. The Bertz CT molecular complexity index is 738. The molecule has 0 amide bonds. The first-order chi connectivity index (χ1) is 10.1. The second-order valence-corrected chi connectivity index (χ2v) is 5.96. The van der Waals surface area contributed by atoms with E-state index in [-0.39, 0.29) is 15.8 Å². The third-order valence-electron chi connectivity index (χ3n) is 3.20. The van der Waals surface area contributed by atoms with Crippen LogP contribution in [0.15, 0.2) is 17.3 Å². The highest BCUT2D eigenvalue weighted by Crippen LogP contribution is 2.35. The lowest BCUT2D eigenvalue weighted by molar-refractivity contribution is 0.629. The molecule has 1 aliphatic heterocycles. The summed E-state index contributed by atoms with van der Waals surface area (Å²) in [6.07, 6.45) is 6.89. The van der Waals surface area contributed by atoms with E-state index >= 15 is 0 Å². The van der Waals surface area contributed by atoms with Crippen molar-refractivity contribution in [2.75, 3.05) is 24.2 Å². The van der Waals surface area contributed by atoms with E-state index in [0.717, 1.165) is 13.0 Å². The molecule has 0 radical (unpaired) electrons. The minimum Gasteiger partial charge on any atom is -0.352 e. The van der Waals surface area contributed by atoms with Gasteiger partial charge in [-0.3, -0.25) is 0 Å². The van der Waals surface area contributed by atoms with Crippen LogP contribution in [0.3, 0.4) is 0 Å². The Hall–Kier alpha value is -1.11. The van der Waals surface area contributed by atoms with E-state index in [4.69, 9.17) is 23.2 Å². The molecule has 0 aromatic carbocycles. The van der Waals surface area contributed by atoms with Crippen molar-refractivity contribution in [2.45, 2.75) is 11.6 Å². The highest BCUT2D eigenvalue weighted by molar-refractivity contribution is 7.98. The number of aromatic nitrogens is 3. The van der Waals surface area contributed by atoms with Gasteiger partial charge in [0, 0.05) is 13.1 Å². The van der Waals surface area contributed by atoms with Gasteiger partial charge in [-0.2, -0.15) is 0 Å². The first kappa shape index (κ1) is 14.8. The van der Waals surface area contributed by atoms with E-state index in [2.05, 4.69) is 21.0 Å². The molecule has 0 atom stereocenters. The fraction of sp³-hybridized carbons (Fsp3) is 0.308. The van der Waals surface area contributed by atoms with E-state index < -0.39 is 5.82 Å². The molecule has 0 saturated heterocycles. The molecular weight excluding hydrogens is 334 g/mol. The summed E-state index contributed by atoms with van der Waals surface area (Å²) >= 11 is 13.3. The van der Waals surface area contributed by atoms with Gasteiger partial charge in [0.15, 0.2) is 16.1 Å². The summed E-state index contributed by atoms with van der Waals surface area (Å²) in [6.45, 7) is 1.48. The van der Waals surface area contributed by atoms with Gasteiger partial charge < -0.3 is 4.90 Å². The van der Waals surface area contributed by atoms with Gasteiger partial charge in [-0.1, -0.05) is 47.1 Å². The van der Waals surface area contributed by atoms with Crippen molar-refractivity contribution in [3.05, 3.63) is 28.3 Å². The monoisotopic (exact) mass is 344 g/mol. The molecule has 3 rings (SSSR count). The van der Waals surface area contributed by atoms with Crippen molar-refractivity contribution in [3.63, 3.8) is 0 Å². The van der Waals surface area contributed by atoms with Crippen LogP contribution in [0.2, 0.25) is 10.3 Å². The molecule has 0 unspecified atom stereocenters. The summed E-state index contributed by atoms with van der Waals surface area (Å²) in [5.74, 6) is -0.0654. The maximum absolute atomic E-state index is 14.3. The maximum Gasteiger partial charge on any atom is 0.189 e. The Morgan fingerprint density at radius 1 is 1.19 bits per heavy atom. The lowest BCUT2D eigenvalue weighted by Gasteiger charge is -2.26. The van der Waals surface area contributed by atoms with Gasteiger partial charge in [0.1, 0.15) is 16.5 Å². The summed E-state index contributed by atoms with van der Waals surface area (Å²) < 4.78 is 14.3. The van der Waals surface area contributed by atoms with E-state index in [0.29, 0.717) is 22.9 Å². The summed E-state index contributed by atoms with van der Waals surface area (Å²) in [5.41, 5.74) is 0.115. The number of anilines is 1. The third-order valence-corrected chi connectivity index (χ3v) is 4.27. The van der Waals surface area contributed by atoms with Crippen molar-refractivity contribution in [2.24, 2.45) is 0 Å². The largest absolute Gasteiger partial charge is 0.352 e. The Morgan fingerprint density at radius 3 is 2.67 bits per heavy atom. The predicted octanol–water partition coefficient (Wildman–Crippen LogP) is 3.96. The van der Waals surface area contributed by atoms with Crippen LogP contribution in [0, 0.1) is 5.82 Å². The topological polar surface area (TPSA) is 41.9 Å². The summed E-state index contributed by atoms with van der Waals surface area (Å²) in [6, 6.07) is 0. The molecule has 0 aliphatic carbocycles. The molecule has 0 saturated carbocycles. The molecule has 2 aromatic heterocycles. The summed E-state index contributed by atoms with van der Waals surface area (Å²) in [7, 11) is 0. The standard InChI is InChI=1S/C13H11Cl2FN4S/c1-21-13-17-9-7(10(14)18-11(15)8(9)16)12(19-13)20-5-3-2-4-6-20/h2-3H,4-6H2,1H3. The number of thioether (sulfide) groups is 1. The number of fused-ring (bicyclic) bond motifs is 1. The molecule has 3 heterocycles. The number of pyridine rings is 1. The average Bonchev–Trinajstić information content (AvgIpc) is 2.52. The number of halogens is 3. The molecule has 0 spiro atoms. The van der Waals surface area contributed by atoms with Gasteiger partial charge in [-0.15, -0.1) is 0 Å². The molecule has 0 N–H and O–H groups in total. The Balaban J connectivity index is 2.31. The van der Waals surface area contributed by atoms with Crippen LogP contribution >= 0.6 is 35.0 Å². The number of hydrogen-bond acceptors (Lipinski definition) is 5. The SMILES string of the molecule is CSc1nc(N2CC=CCC2)c2c(Cl)nc(Cl)c(F)c2n1. The van der Waals surface area contributed by atoms with Crippen molar-refractivity contribution in [1.82, 2.24) is 15.0 Å². The van der Waals surface area contributed by atoms with Crippen LogP contribution in [0.4, 0.5) is 10.2 Å². The Kier molecular flexibility index (Phi) is 4.19. The van der Waals surface area contributed by atoms with E-state index in [1.165, 1.54) is 11.8 Å². The normalized spacial score (nSPS) is 15.0. The molecule has 1 aliphatic rings. The van der Waals surface area contributed by atoms with Crippen LogP contribution < -0.4 is 4.90 Å². The van der Waals surface area contributed by atoms with Crippen molar-refractivity contribution >= 4 is 51.7 Å². The maximum atomic E-state index is 14.3. The van der Waals surface area contributed by atoms with E-state index in [1.54, 1.807) is 0 Å².